The van der Waals surface area contributed by atoms with Gasteiger partial charge in [0.05, 0.1) is 112 Å². The largest absolute Gasteiger partial charge is 0.466 e. The fourth-order valence-electron chi connectivity index (χ4n) is 4.43. The molecule has 0 saturated heterocycles. The molecule has 0 spiro atoms. The van der Waals surface area contributed by atoms with Gasteiger partial charge in [0, 0.05) is 6.61 Å². The number of hydrogen-bond donors (Lipinski definition) is 0. The van der Waals surface area contributed by atoms with E-state index in [1.807, 2.05) is 0 Å². The van der Waals surface area contributed by atoms with E-state index >= 15 is 0 Å². The van der Waals surface area contributed by atoms with E-state index in [2.05, 4.69) is 6.92 Å². The number of esters is 1. The van der Waals surface area contributed by atoms with Crippen LogP contribution in [-0.4, -0.2) is 118 Å². The van der Waals surface area contributed by atoms with Gasteiger partial charge in [0.2, 0.25) is 0 Å². The van der Waals surface area contributed by atoms with Crippen molar-refractivity contribution in [1.29, 1.82) is 0 Å². The van der Waals surface area contributed by atoms with Gasteiger partial charge in [0.25, 0.3) is 0 Å². The van der Waals surface area contributed by atoms with Crippen LogP contribution < -0.4 is 0 Å². The number of hydrogen-bond acceptors (Lipinski definition) is 10. The average Bonchev–Trinajstić information content (AvgIpc) is 3.04. The van der Waals surface area contributed by atoms with E-state index in [4.69, 9.17) is 42.6 Å². The van der Waals surface area contributed by atoms with Crippen LogP contribution in [0.4, 0.5) is 0 Å². The molecule has 0 aromatic carbocycles. The maximum atomic E-state index is 11.2. The Hall–Kier alpha value is -0.850. The summed E-state index contributed by atoms with van der Waals surface area (Å²) < 4.78 is 48.7. The van der Waals surface area contributed by atoms with Gasteiger partial charge >= 0.3 is 5.97 Å². The number of carbonyl (C=O) groups excluding carboxylic acids is 1. The average molecular weight is 651 g/mol. The second-order valence-electron chi connectivity index (χ2n) is 11.1. The van der Waals surface area contributed by atoms with Gasteiger partial charge in [-0.15, -0.1) is 0 Å². The molecule has 0 N–H and O–H groups in total. The molecule has 10 heteroatoms. The smallest absolute Gasteiger partial charge is 0.308 e. The van der Waals surface area contributed by atoms with E-state index in [-0.39, 0.29) is 12.4 Å². The van der Waals surface area contributed by atoms with Crippen LogP contribution in [0, 0.1) is 0 Å². The summed E-state index contributed by atoms with van der Waals surface area (Å²) in [6.07, 6.45) is 19.5. The molecule has 0 aliphatic carbocycles. The van der Waals surface area contributed by atoms with Crippen LogP contribution in [0.25, 0.3) is 0 Å². The Morgan fingerprint density at radius 3 is 0.911 bits per heavy atom. The lowest BCUT2D eigenvalue weighted by Crippen LogP contribution is -2.15. The molecule has 0 unspecified atom stereocenters. The van der Waals surface area contributed by atoms with Crippen molar-refractivity contribution < 1.29 is 47.4 Å². The first-order valence-corrected chi connectivity index (χ1v) is 18.1. The number of carbonyl (C=O) groups is 1. The molecule has 0 aromatic rings. The van der Waals surface area contributed by atoms with Crippen LogP contribution in [0.2, 0.25) is 0 Å². The molecule has 0 rings (SSSR count). The Morgan fingerprint density at radius 2 is 0.600 bits per heavy atom. The first-order chi connectivity index (χ1) is 22.3. The lowest BCUT2D eigenvalue weighted by molar-refractivity contribution is -0.144. The predicted molar refractivity (Wildman–Crippen MR) is 178 cm³/mol. The van der Waals surface area contributed by atoms with Gasteiger partial charge in [-0.25, -0.2) is 0 Å². The minimum absolute atomic E-state index is 0.242. The zero-order chi connectivity index (χ0) is 32.6. The van der Waals surface area contributed by atoms with Crippen LogP contribution in [0.5, 0.6) is 0 Å². The third-order valence-electron chi connectivity index (χ3n) is 7.00. The molecule has 0 heterocycles. The third-order valence-corrected chi connectivity index (χ3v) is 7.00. The Bertz CT molecular complexity index is 553. The molecule has 0 amide bonds. The summed E-state index contributed by atoms with van der Waals surface area (Å²) in [4.78, 5) is 11.2. The summed E-state index contributed by atoms with van der Waals surface area (Å²) in [5, 5.41) is 0. The van der Waals surface area contributed by atoms with E-state index in [1.54, 1.807) is 6.92 Å². The molecule has 0 radical (unpaired) electrons. The molecule has 270 valence electrons. The van der Waals surface area contributed by atoms with E-state index in [0.29, 0.717) is 106 Å². The molecule has 0 aromatic heterocycles. The highest BCUT2D eigenvalue weighted by molar-refractivity contribution is 5.69. The van der Waals surface area contributed by atoms with E-state index in [1.165, 1.54) is 83.5 Å². The van der Waals surface area contributed by atoms with Gasteiger partial charge in [-0.05, 0) is 13.3 Å². The Balaban J connectivity index is 3.05. The van der Waals surface area contributed by atoms with Gasteiger partial charge in [0.1, 0.15) is 0 Å². The van der Waals surface area contributed by atoms with Gasteiger partial charge in [0.15, 0.2) is 0 Å². The van der Waals surface area contributed by atoms with Gasteiger partial charge < -0.3 is 42.6 Å². The fourth-order valence-corrected chi connectivity index (χ4v) is 4.43. The second kappa shape index (κ2) is 41.2. The summed E-state index contributed by atoms with van der Waals surface area (Å²) in [6, 6.07) is 0. The quantitative estimate of drug-likeness (QED) is 0.0536. The Labute approximate surface area is 275 Å². The summed E-state index contributed by atoms with van der Waals surface area (Å²) >= 11 is 0. The second-order valence-corrected chi connectivity index (χ2v) is 11.1. The van der Waals surface area contributed by atoms with Crippen molar-refractivity contribution in [3.63, 3.8) is 0 Å². The van der Waals surface area contributed by atoms with E-state index in [0.717, 1.165) is 13.0 Å². The zero-order valence-electron chi connectivity index (χ0n) is 29.2. The SMILES string of the molecule is CCCCCCCCCCCCCCCCOCCOCCOCCOCCOCCOCCOCCOCCC(=O)OCC. The van der Waals surface area contributed by atoms with Crippen molar-refractivity contribution in [2.75, 3.05) is 112 Å². The molecule has 0 saturated carbocycles. The lowest BCUT2D eigenvalue weighted by atomic mass is 10.0. The molecular weight excluding hydrogens is 580 g/mol. The maximum Gasteiger partial charge on any atom is 0.308 e. The van der Waals surface area contributed by atoms with Gasteiger partial charge in [-0.1, -0.05) is 90.4 Å². The van der Waals surface area contributed by atoms with Crippen molar-refractivity contribution in [3.05, 3.63) is 0 Å². The van der Waals surface area contributed by atoms with Crippen molar-refractivity contribution >= 4 is 5.97 Å². The molecule has 0 fully saturated rings. The van der Waals surface area contributed by atoms with Crippen molar-refractivity contribution in [3.8, 4) is 0 Å². The molecule has 0 aliphatic heterocycles. The topological polar surface area (TPSA) is 100 Å². The molecule has 0 aliphatic rings. The summed E-state index contributed by atoms with van der Waals surface area (Å²) in [7, 11) is 0. The van der Waals surface area contributed by atoms with Crippen LogP contribution in [0.15, 0.2) is 0 Å². The summed E-state index contributed by atoms with van der Waals surface area (Å²) in [5.74, 6) is -0.242. The fraction of sp³-hybridized carbons (Fsp3) is 0.971. The van der Waals surface area contributed by atoms with Crippen LogP contribution in [0.3, 0.4) is 0 Å². The van der Waals surface area contributed by atoms with Gasteiger partial charge in [-0.2, -0.15) is 0 Å². The maximum absolute atomic E-state index is 11.2. The monoisotopic (exact) mass is 650 g/mol. The minimum Gasteiger partial charge on any atom is -0.466 e. The first-order valence-electron chi connectivity index (χ1n) is 18.1. The van der Waals surface area contributed by atoms with Crippen LogP contribution >= 0.6 is 0 Å². The predicted octanol–water partition coefficient (Wildman–Crippen LogP) is 6.55. The first kappa shape index (κ1) is 44.1. The zero-order valence-corrected chi connectivity index (χ0v) is 29.2. The lowest BCUT2D eigenvalue weighted by Gasteiger charge is -2.09. The number of rotatable bonds is 40. The highest BCUT2D eigenvalue weighted by Gasteiger charge is 2.01. The number of ether oxygens (including phenoxy) is 9. The molecule has 0 bridgehead atoms. The highest BCUT2D eigenvalue weighted by Crippen LogP contribution is 2.13. The Morgan fingerprint density at radius 1 is 0.333 bits per heavy atom. The molecule has 10 nitrogen and oxygen atoms in total. The highest BCUT2D eigenvalue weighted by atomic mass is 16.6. The van der Waals surface area contributed by atoms with Gasteiger partial charge in [-0.3, -0.25) is 4.79 Å². The molecule has 45 heavy (non-hydrogen) atoms. The van der Waals surface area contributed by atoms with Crippen LogP contribution in [0.1, 0.15) is 110 Å². The Kier molecular flexibility index (Phi) is 40.4. The van der Waals surface area contributed by atoms with Crippen molar-refractivity contribution in [1.82, 2.24) is 0 Å². The van der Waals surface area contributed by atoms with E-state index < -0.39 is 0 Å². The summed E-state index contributed by atoms with van der Waals surface area (Å²) in [5.41, 5.74) is 0. The third kappa shape index (κ3) is 41.1. The van der Waals surface area contributed by atoms with E-state index in [9.17, 15) is 4.79 Å². The normalized spacial score (nSPS) is 11.4. The number of unbranched alkanes of at least 4 members (excludes halogenated alkanes) is 13. The summed E-state index contributed by atoms with van der Waals surface area (Å²) in [6.45, 7) is 13.0. The standard InChI is InChI=1S/C35H70O10/c1-3-5-6-7-8-9-10-11-12-13-14-15-16-17-19-37-21-23-39-25-27-41-29-31-43-33-34-44-32-30-42-28-26-40-24-22-38-20-18-35(36)45-4-2/h3-34H2,1-2H3. The van der Waals surface area contributed by atoms with Crippen molar-refractivity contribution in [2.24, 2.45) is 0 Å². The van der Waals surface area contributed by atoms with Crippen molar-refractivity contribution in [2.45, 2.75) is 110 Å². The molecule has 0 atom stereocenters. The van der Waals surface area contributed by atoms with Crippen LogP contribution in [-0.2, 0) is 47.4 Å². The minimum atomic E-state index is -0.242. The molecular formula is C35H70O10.